The summed E-state index contributed by atoms with van der Waals surface area (Å²) in [5.74, 6) is 3.02. The lowest BCUT2D eigenvalue weighted by atomic mass is 9.32. The minimum atomic E-state index is -0.345. The Morgan fingerprint density at radius 3 is 1.98 bits per heavy atom. The molecule has 0 unspecified atom stereocenters. The highest BCUT2D eigenvalue weighted by Gasteiger charge is 2.70. The molecular weight excluding hydrogens is 641 g/mol. The van der Waals surface area contributed by atoms with Gasteiger partial charge in [0, 0.05) is 36.9 Å². The predicted molar refractivity (Wildman–Crippen MR) is 212 cm³/mol. The Hall–Kier alpha value is -1.36. The average Bonchev–Trinajstić information content (AvgIpc) is 3.47. The molecule has 2 N–H and O–H groups in total. The van der Waals surface area contributed by atoms with Gasteiger partial charge in [0.2, 0.25) is 5.91 Å². The molecule has 0 heterocycles. The first-order valence-electron chi connectivity index (χ1n) is 22.6. The van der Waals surface area contributed by atoms with Gasteiger partial charge in [-0.05, 0) is 148 Å². The minimum Gasteiger partial charge on any atom is -0.462 e. The molecule has 0 aromatic heterocycles. The Morgan fingerprint density at radius 2 is 1.35 bits per heavy atom. The molecular formula is C47H78N2O3. The van der Waals surface area contributed by atoms with E-state index in [9.17, 15) is 9.59 Å². The van der Waals surface area contributed by atoms with Gasteiger partial charge in [-0.15, -0.1) is 0 Å². The van der Waals surface area contributed by atoms with Crippen LogP contribution in [-0.4, -0.2) is 41.5 Å². The van der Waals surface area contributed by atoms with Crippen molar-refractivity contribution in [3.63, 3.8) is 0 Å². The summed E-state index contributed by atoms with van der Waals surface area (Å²) in [6.45, 7) is 22.0. The largest absolute Gasteiger partial charge is 0.462 e. The first-order chi connectivity index (χ1) is 24.6. The van der Waals surface area contributed by atoms with E-state index in [4.69, 9.17) is 17.0 Å². The van der Waals surface area contributed by atoms with Crippen LogP contribution in [0.1, 0.15) is 189 Å². The highest BCUT2D eigenvalue weighted by atomic mass is 16.5. The van der Waals surface area contributed by atoms with Crippen molar-refractivity contribution >= 4 is 11.9 Å². The van der Waals surface area contributed by atoms with Gasteiger partial charge in [-0.1, -0.05) is 92.2 Å². The van der Waals surface area contributed by atoms with E-state index >= 15 is 0 Å². The number of amides is 1. The molecule has 0 aromatic carbocycles. The minimum absolute atomic E-state index is 0.0506. The molecule has 294 valence electrons. The average molecular weight is 719 g/mol. The van der Waals surface area contributed by atoms with E-state index in [1.165, 1.54) is 122 Å². The Morgan fingerprint density at radius 1 is 0.692 bits per heavy atom. The Balaban J connectivity index is 1.09. The number of rotatable bonds is 10. The van der Waals surface area contributed by atoms with Crippen molar-refractivity contribution in [2.75, 3.05) is 6.54 Å². The van der Waals surface area contributed by atoms with Crippen LogP contribution in [0.4, 0.5) is 0 Å². The maximum Gasteiger partial charge on any atom is 0.306 e. The van der Waals surface area contributed by atoms with Gasteiger partial charge in [-0.3, -0.25) is 14.5 Å². The monoisotopic (exact) mass is 719 g/mol. The number of nitrogens with two attached hydrogens (primary N) is 1. The third-order valence-corrected chi connectivity index (χ3v) is 18.9. The van der Waals surface area contributed by atoms with E-state index in [2.05, 4.69) is 46.4 Å². The van der Waals surface area contributed by atoms with Crippen LogP contribution in [0.5, 0.6) is 0 Å². The van der Waals surface area contributed by atoms with Crippen molar-refractivity contribution < 1.29 is 14.3 Å². The van der Waals surface area contributed by atoms with Gasteiger partial charge in [-0.25, -0.2) is 0 Å². The summed E-state index contributed by atoms with van der Waals surface area (Å²) < 4.78 is 6.24. The lowest BCUT2D eigenvalue weighted by Crippen LogP contribution is -2.66. The van der Waals surface area contributed by atoms with Crippen LogP contribution in [0, 0.1) is 56.7 Å². The zero-order valence-corrected chi connectivity index (χ0v) is 34.5. The van der Waals surface area contributed by atoms with Crippen LogP contribution >= 0.6 is 0 Å². The topological polar surface area (TPSA) is 72.6 Å². The smallest absolute Gasteiger partial charge is 0.306 e. The number of nitrogens with zero attached hydrogens (tertiary/aromatic N) is 1. The summed E-state index contributed by atoms with van der Waals surface area (Å²) in [6.07, 6.45) is 28.1. The number of ether oxygens (including phenoxy) is 1. The zero-order valence-electron chi connectivity index (χ0n) is 34.5. The summed E-state index contributed by atoms with van der Waals surface area (Å²) in [5.41, 5.74) is 8.30. The maximum absolute atomic E-state index is 12.9. The van der Waals surface area contributed by atoms with Gasteiger partial charge in [0.25, 0.3) is 0 Å². The molecule has 7 aliphatic carbocycles. The highest BCUT2D eigenvalue weighted by molar-refractivity contribution is 5.75. The van der Waals surface area contributed by atoms with Crippen molar-refractivity contribution in [1.29, 1.82) is 0 Å². The fourth-order valence-electron chi connectivity index (χ4n) is 15.9. The van der Waals surface area contributed by atoms with Gasteiger partial charge in [0.15, 0.2) is 0 Å². The molecule has 0 spiro atoms. The number of fused-ring (bicyclic) bond motifs is 7. The van der Waals surface area contributed by atoms with Crippen LogP contribution in [0.25, 0.3) is 0 Å². The fourth-order valence-corrected chi connectivity index (χ4v) is 15.9. The third-order valence-electron chi connectivity index (χ3n) is 18.9. The van der Waals surface area contributed by atoms with E-state index in [0.29, 0.717) is 40.4 Å². The molecule has 7 saturated carbocycles. The van der Waals surface area contributed by atoms with Crippen LogP contribution in [0.3, 0.4) is 0 Å². The fraction of sp³-hybridized carbons (Fsp3) is 0.915. The van der Waals surface area contributed by atoms with E-state index in [1.807, 2.05) is 0 Å². The second-order valence-electron chi connectivity index (χ2n) is 21.6. The normalized spacial score (nSPS) is 43.5. The first kappa shape index (κ1) is 38.9. The Labute approximate surface area is 318 Å². The van der Waals surface area contributed by atoms with Gasteiger partial charge in [0.05, 0.1) is 0 Å². The molecule has 0 bridgehead atoms. The highest BCUT2D eigenvalue weighted by Crippen LogP contribution is 2.77. The Kier molecular flexibility index (Phi) is 10.9. The number of hydrogen-bond donors (Lipinski definition) is 1. The molecule has 52 heavy (non-hydrogen) atoms. The van der Waals surface area contributed by atoms with Gasteiger partial charge in [-0.2, -0.15) is 0 Å². The summed E-state index contributed by atoms with van der Waals surface area (Å²) in [6, 6.07) is 1.57. The van der Waals surface area contributed by atoms with E-state index < -0.39 is 0 Å². The van der Waals surface area contributed by atoms with Crippen molar-refractivity contribution in [2.24, 2.45) is 62.4 Å². The summed E-state index contributed by atoms with van der Waals surface area (Å²) >= 11 is 0. The molecule has 7 rings (SSSR count). The van der Waals surface area contributed by atoms with Crippen molar-refractivity contribution in [3.05, 3.63) is 12.2 Å². The molecule has 7 fully saturated rings. The van der Waals surface area contributed by atoms with Gasteiger partial charge >= 0.3 is 5.97 Å². The standard InChI is InChI=1S/C47H78N2O3/c1-32(31-49(33-15-10-8-11-16-33)34-17-12-9-13-18-34)35-23-26-44(4)29-30-46(6)36(42(35)44)21-22-38-45(5)27-25-39(52-41(51)20-14-19-40(48)50)43(2,3)37(45)24-28-47(38,46)7/h33-39,42H,1,8-31H2,2-7H3,(H2,48,50)/t35-,36+,37-,38+,39-,42+,44+,45-,46+,47+/m0/s1. The summed E-state index contributed by atoms with van der Waals surface area (Å²) in [5, 5.41) is 0. The zero-order chi connectivity index (χ0) is 37.1. The number of carbonyl (C=O) groups is 2. The van der Waals surface area contributed by atoms with Crippen molar-refractivity contribution in [1.82, 2.24) is 4.90 Å². The van der Waals surface area contributed by atoms with E-state index in [0.717, 1.165) is 36.8 Å². The number of hydrogen-bond acceptors (Lipinski definition) is 4. The molecule has 5 heteroatoms. The Bertz CT molecular complexity index is 1310. The lowest BCUT2D eigenvalue weighted by Gasteiger charge is -2.73. The predicted octanol–water partition coefficient (Wildman–Crippen LogP) is 11.2. The van der Waals surface area contributed by atoms with Crippen LogP contribution < -0.4 is 5.73 Å². The van der Waals surface area contributed by atoms with Crippen LogP contribution in [-0.2, 0) is 14.3 Å². The molecule has 1 amide bonds. The van der Waals surface area contributed by atoms with E-state index in [-0.39, 0.29) is 41.7 Å². The number of carbonyl (C=O) groups excluding carboxylic acids is 2. The first-order valence-corrected chi connectivity index (χ1v) is 22.6. The van der Waals surface area contributed by atoms with Crippen LogP contribution in [0.15, 0.2) is 12.2 Å². The molecule has 5 nitrogen and oxygen atoms in total. The lowest BCUT2D eigenvalue weighted by molar-refractivity contribution is -0.249. The summed E-state index contributed by atoms with van der Waals surface area (Å²) in [7, 11) is 0. The second-order valence-corrected chi connectivity index (χ2v) is 21.6. The molecule has 10 atom stereocenters. The van der Waals surface area contributed by atoms with Crippen molar-refractivity contribution in [2.45, 2.75) is 207 Å². The molecule has 0 aliphatic heterocycles. The quantitative estimate of drug-likeness (QED) is 0.180. The molecule has 0 saturated heterocycles. The van der Waals surface area contributed by atoms with Gasteiger partial charge in [0.1, 0.15) is 6.10 Å². The second kappa shape index (κ2) is 14.6. The molecule has 0 aromatic rings. The summed E-state index contributed by atoms with van der Waals surface area (Å²) in [4.78, 5) is 27.2. The van der Waals surface area contributed by atoms with Gasteiger partial charge < -0.3 is 10.5 Å². The molecule has 0 radical (unpaired) electrons. The van der Waals surface area contributed by atoms with Crippen LogP contribution in [0.2, 0.25) is 0 Å². The maximum atomic E-state index is 12.9. The number of primary amides is 1. The molecule has 7 aliphatic rings. The van der Waals surface area contributed by atoms with Crippen molar-refractivity contribution in [3.8, 4) is 0 Å². The number of esters is 1. The SMILES string of the molecule is C=C(CN(C1CCCCC1)C1CCCCC1)[C@@H]1CC[C@]2(C)CC[C@]3(C)[C@H](CC[C@@H]4[C@@]5(C)CC[C@H](OC(=O)CCCC(N)=O)C(C)(C)[C@@H]5CC[C@]43C)[C@@H]12. The third kappa shape index (κ3) is 6.57. The van der Waals surface area contributed by atoms with E-state index in [1.54, 1.807) is 5.57 Å².